The fourth-order valence-electron chi connectivity index (χ4n) is 3.13. The maximum Gasteiger partial charge on any atom is 0.335 e. The molecule has 1 aliphatic carbocycles. The number of rotatable bonds is 2. The number of carbonyl (C=O) groups is 2. The SMILES string of the molecule is CC1CCC(N2C(=O)c3ccc(C(=O)O)cc3S2(=O)=O)C1. The zero-order chi connectivity index (χ0) is 15.4. The summed E-state index contributed by atoms with van der Waals surface area (Å²) >= 11 is 0. The molecule has 112 valence electrons. The van der Waals surface area contributed by atoms with E-state index in [2.05, 4.69) is 0 Å². The quantitative estimate of drug-likeness (QED) is 0.898. The molecule has 1 amide bonds. The summed E-state index contributed by atoms with van der Waals surface area (Å²) in [6.45, 7) is 2.03. The molecule has 1 aromatic rings. The number of hydrogen-bond donors (Lipinski definition) is 1. The number of amides is 1. The minimum Gasteiger partial charge on any atom is -0.478 e. The van der Waals surface area contributed by atoms with Gasteiger partial charge in [-0.25, -0.2) is 17.5 Å². The number of carboxylic acids is 1. The van der Waals surface area contributed by atoms with Crippen LogP contribution in [0.25, 0.3) is 0 Å². The van der Waals surface area contributed by atoms with Gasteiger partial charge in [0, 0.05) is 6.04 Å². The standard InChI is InChI=1S/C14H15NO5S/c1-8-2-4-10(6-8)15-13(16)11-5-3-9(14(17)18)7-12(11)21(15,19)20/h3,5,7-8,10H,2,4,6H2,1H3,(H,17,18). The van der Waals surface area contributed by atoms with E-state index < -0.39 is 21.9 Å². The Morgan fingerprint density at radius 3 is 2.62 bits per heavy atom. The number of fused-ring (bicyclic) bond motifs is 1. The number of carboxylic acid groups (broad SMARTS) is 1. The fourth-order valence-corrected chi connectivity index (χ4v) is 4.95. The Morgan fingerprint density at radius 1 is 1.33 bits per heavy atom. The topological polar surface area (TPSA) is 91.8 Å². The maximum atomic E-state index is 12.6. The number of carbonyl (C=O) groups excluding carboxylic acids is 1. The lowest BCUT2D eigenvalue weighted by Crippen LogP contribution is -2.38. The van der Waals surface area contributed by atoms with E-state index in [9.17, 15) is 18.0 Å². The van der Waals surface area contributed by atoms with Crippen LogP contribution in [-0.2, 0) is 10.0 Å². The molecule has 2 aliphatic rings. The first-order valence-electron chi connectivity index (χ1n) is 6.78. The number of sulfonamides is 1. The highest BCUT2D eigenvalue weighted by atomic mass is 32.2. The second kappa shape index (κ2) is 4.56. The first-order chi connectivity index (χ1) is 9.82. The van der Waals surface area contributed by atoms with Gasteiger partial charge in [0.25, 0.3) is 15.9 Å². The Bertz CT molecular complexity index is 740. The van der Waals surface area contributed by atoms with Gasteiger partial charge in [-0.2, -0.15) is 0 Å². The lowest BCUT2D eigenvalue weighted by molar-refractivity contribution is 0.0695. The number of aromatic carboxylic acids is 1. The molecular weight excluding hydrogens is 294 g/mol. The molecule has 3 rings (SSSR count). The molecule has 1 aromatic carbocycles. The highest BCUT2D eigenvalue weighted by Crippen LogP contribution is 2.38. The van der Waals surface area contributed by atoms with E-state index in [4.69, 9.17) is 5.11 Å². The Morgan fingerprint density at radius 2 is 2.05 bits per heavy atom. The molecule has 7 heteroatoms. The van der Waals surface area contributed by atoms with E-state index in [0.717, 1.165) is 16.8 Å². The molecule has 0 radical (unpaired) electrons. The highest BCUT2D eigenvalue weighted by Gasteiger charge is 2.46. The predicted octanol–water partition coefficient (Wildman–Crippen LogP) is 1.72. The molecule has 0 aromatic heterocycles. The average molecular weight is 309 g/mol. The molecular formula is C14H15NO5S. The van der Waals surface area contributed by atoms with Crippen LogP contribution in [0.5, 0.6) is 0 Å². The third-order valence-corrected chi connectivity index (χ3v) is 6.07. The lowest BCUT2D eigenvalue weighted by atomic mass is 10.1. The minimum absolute atomic E-state index is 0.0690. The third-order valence-electron chi connectivity index (χ3n) is 4.19. The van der Waals surface area contributed by atoms with Crippen LogP contribution in [0.4, 0.5) is 0 Å². The second-order valence-corrected chi connectivity index (χ2v) is 7.48. The van der Waals surface area contributed by atoms with Crippen LogP contribution in [0.2, 0.25) is 0 Å². The first kappa shape index (κ1) is 14.1. The van der Waals surface area contributed by atoms with Gasteiger partial charge in [0.15, 0.2) is 0 Å². The smallest absolute Gasteiger partial charge is 0.335 e. The summed E-state index contributed by atoms with van der Waals surface area (Å²) in [5.41, 5.74) is -0.0636. The number of benzene rings is 1. The molecule has 2 atom stereocenters. The van der Waals surface area contributed by atoms with Gasteiger partial charge < -0.3 is 5.11 Å². The largest absolute Gasteiger partial charge is 0.478 e. The Labute approximate surface area is 122 Å². The molecule has 0 bridgehead atoms. The van der Waals surface area contributed by atoms with Crippen LogP contribution in [-0.4, -0.2) is 35.7 Å². The van der Waals surface area contributed by atoms with Crippen molar-refractivity contribution >= 4 is 21.9 Å². The van der Waals surface area contributed by atoms with E-state index in [1.54, 1.807) is 0 Å². The van der Waals surface area contributed by atoms with Crippen LogP contribution in [0.3, 0.4) is 0 Å². The van der Waals surface area contributed by atoms with Crippen molar-refractivity contribution in [2.24, 2.45) is 5.92 Å². The van der Waals surface area contributed by atoms with Crippen molar-refractivity contribution in [2.45, 2.75) is 37.1 Å². The summed E-state index contributed by atoms with van der Waals surface area (Å²) in [5.74, 6) is -1.37. The number of nitrogens with zero attached hydrogens (tertiary/aromatic N) is 1. The molecule has 1 heterocycles. The normalized spacial score (nSPS) is 26.9. The van der Waals surface area contributed by atoms with Crippen molar-refractivity contribution in [1.29, 1.82) is 0 Å². The molecule has 6 nitrogen and oxygen atoms in total. The first-order valence-corrected chi connectivity index (χ1v) is 8.22. The highest BCUT2D eigenvalue weighted by molar-refractivity contribution is 7.90. The molecule has 0 saturated heterocycles. The van der Waals surface area contributed by atoms with Gasteiger partial charge in [0.2, 0.25) is 0 Å². The molecule has 1 N–H and O–H groups in total. The van der Waals surface area contributed by atoms with Crippen LogP contribution >= 0.6 is 0 Å². The summed E-state index contributed by atoms with van der Waals surface area (Å²) in [6, 6.07) is 3.30. The summed E-state index contributed by atoms with van der Waals surface area (Å²) in [7, 11) is -3.94. The average Bonchev–Trinajstić information content (AvgIpc) is 2.90. The summed E-state index contributed by atoms with van der Waals surface area (Å²) in [6.07, 6.45) is 2.21. The van der Waals surface area contributed by atoms with Gasteiger partial charge in [0.1, 0.15) is 4.90 Å². The van der Waals surface area contributed by atoms with E-state index in [1.165, 1.54) is 12.1 Å². The van der Waals surface area contributed by atoms with Gasteiger partial charge >= 0.3 is 5.97 Å². The van der Waals surface area contributed by atoms with E-state index in [0.29, 0.717) is 18.8 Å². The maximum absolute atomic E-state index is 12.6. The van der Waals surface area contributed by atoms with Crippen molar-refractivity contribution < 1.29 is 23.1 Å². The Kier molecular flexibility index (Phi) is 3.05. The predicted molar refractivity (Wildman–Crippen MR) is 73.6 cm³/mol. The molecule has 1 aliphatic heterocycles. The summed E-state index contributed by atoms with van der Waals surface area (Å²) in [4.78, 5) is 23.2. The molecule has 1 fully saturated rings. The van der Waals surface area contributed by atoms with Crippen LogP contribution in [0.15, 0.2) is 23.1 Å². The Balaban J connectivity index is 2.08. The van der Waals surface area contributed by atoms with Crippen LogP contribution < -0.4 is 0 Å². The fraction of sp³-hybridized carbons (Fsp3) is 0.429. The van der Waals surface area contributed by atoms with Crippen molar-refractivity contribution in [3.05, 3.63) is 29.3 Å². The van der Waals surface area contributed by atoms with E-state index in [1.807, 2.05) is 6.92 Å². The van der Waals surface area contributed by atoms with E-state index >= 15 is 0 Å². The lowest BCUT2D eigenvalue weighted by Gasteiger charge is -2.22. The monoisotopic (exact) mass is 309 g/mol. The van der Waals surface area contributed by atoms with Gasteiger partial charge in [-0.3, -0.25) is 4.79 Å². The van der Waals surface area contributed by atoms with Gasteiger partial charge in [-0.15, -0.1) is 0 Å². The van der Waals surface area contributed by atoms with Crippen molar-refractivity contribution in [3.63, 3.8) is 0 Å². The third kappa shape index (κ3) is 2.03. The summed E-state index contributed by atoms with van der Waals surface area (Å²) < 4.78 is 26.1. The van der Waals surface area contributed by atoms with Crippen molar-refractivity contribution in [3.8, 4) is 0 Å². The number of hydrogen-bond acceptors (Lipinski definition) is 4. The summed E-state index contributed by atoms with van der Waals surface area (Å²) in [5, 5.41) is 8.97. The molecule has 21 heavy (non-hydrogen) atoms. The van der Waals surface area contributed by atoms with Crippen LogP contribution in [0, 0.1) is 5.92 Å². The van der Waals surface area contributed by atoms with Gasteiger partial charge in [-0.1, -0.05) is 6.92 Å². The van der Waals surface area contributed by atoms with Crippen molar-refractivity contribution in [2.75, 3.05) is 0 Å². The zero-order valence-corrected chi connectivity index (χ0v) is 12.3. The van der Waals surface area contributed by atoms with Gasteiger partial charge in [0.05, 0.1) is 11.1 Å². The molecule has 0 spiro atoms. The van der Waals surface area contributed by atoms with Crippen molar-refractivity contribution in [1.82, 2.24) is 4.31 Å². The Hall–Kier alpha value is -1.89. The zero-order valence-electron chi connectivity index (χ0n) is 11.4. The molecule has 1 saturated carbocycles. The second-order valence-electron chi connectivity index (χ2n) is 5.69. The minimum atomic E-state index is -3.94. The van der Waals surface area contributed by atoms with Crippen LogP contribution in [0.1, 0.15) is 46.9 Å². The van der Waals surface area contributed by atoms with Gasteiger partial charge in [-0.05, 0) is 43.4 Å². The van der Waals surface area contributed by atoms with E-state index in [-0.39, 0.29) is 22.1 Å². The molecule has 2 unspecified atom stereocenters.